The van der Waals surface area contributed by atoms with Crippen LogP contribution in [0.1, 0.15) is 25.7 Å². The fraction of sp³-hybridized carbons (Fsp3) is 0.750. The van der Waals surface area contributed by atoms with Crippen molar-refractivity contribution in [3.63, 3.8) is 0 Å². The van der Waals surface area contributed by atoms with E-state index in [4.69, 9.17) is 4.74 Å². The van der Waals surface area contributed by atoms with Crippen molar-refractivity contribution >= 4 is 17.9 Å². The molecule has 0 aromatic rings. The molecule has 20 heavy (non-hydrogen) atoms. The van der Waals surface area contributed by atoms with Crippen LogP contribution < -0.4 is 16.0 Å². The second-order valence-corrected chi connectivity index (χ2v) is 5.08. The van der Waals surface area contributed by atoms with Gasteiger partial charge in [0.25, 0.3) is 0 Å². The molecule has 112 valence electrons. The van der Waals surface area contributed by atoms with Gasteiger partial charge in [0, 0.05) is 32.6 Å². The van der Waals surface area contributed by atoms with Gasteiger partial charge in [0.2, 0.25) is 5.91 Å². The van der Waals surface area contributed by atoms with Gasteiger partial charge in [0.1, 0.15) is 11.6 Å². The van der Waals surface area contributed by atoms with Gasteiger partial charge in [0.05, 0.1) is 0 Å². The summed E-state index contributed by atoms with van der Waals surface area (Å²) in [5, 5.41) is 17.0. The van der Waals surface area contributed by atoms with Crippen LogP contribution in [-0.2, 0) is 14.3 Å². The van der Waals surface area contributed by atoms with Crippen molar-refractivity contribution in [3.05, 3.63) is 0 Å². The van der Waals surface area contributed by atoms with E-state index in [9.17, 15) is 19.5 Å². The Hall–Kier alpha value is -1.83. The molecule has 2 aliphatic heterocycles. The van der Waals surface area contributed by atoms with Crippen molar-refractivity contribution in [2.75, 3.05) is 19.8 Å². The third kappa shape index (κ3) is 3.19. The molecule has 3 amide bonds. The van der Waals surface area contributed by atoms with Crippen LogP contribution in [0.5, 0.6) is 0 Å². The lowest BCUT2D eigenvalue weighted by atomic mass is 9.90. The number of carboxylic acids is 1. The van der Waals surface area contributed by atoms with E-state index in [0.717, 1.165) is 6.42 Å². The minimum absolute atomic E-state index is 0.215. The predicted molar refractivity (Wildman–Crippen MR) is 68.1 cm³/mol. The third-order valence-electron chi connectivity index (χ3n) is 3.70. The van der Waals surface area contributed by atoms with E-state index >= 15 is 0 Å². The van der Waals surface area contributed by atoms with Crippen molar-refractivity contribution in [1.82, 2.24) is 16.0 Å². The average molecular weight is 285 g/mol. The number of carbonyl (C=O) groups is 3. The molecule has 8 nitrogen and oxygen atoms in total. The van der Waals surface area contributed by atoms with Crippen molar-refractivity contribution in [2.45, 2.75) is 37.3 Å². The maximum Gasteiger partial charge on any atom is 0.329 e. The van der Waals surface area contributed by atoms with E-state index in [2.05, 4.69) is 16.0 Å². The second kappa shape index (κ2) is 6.08. The molecule has 2 heterocycles. The summed E-state index contributed by atoms with van der Waals surface area (Å²) in [5.41, 5.74) is -1.31. The number of ether oxygens (including phenoxy) is 1. The number of urea groups is 1. The SMILES string of the molecule is O=C(NC1CCCNC1=O)NC1(C(=O)O)CCOCC1. The Kier molecular flexibility index (Phi) is 4.43. The predicted octanol–water partition coefficient (Wildman–Crippen LogP) is -0.802. The van der Waals surface area contributed by atoms with Crippen LogP contribution in [0, 0.1) is 0 Å². The van der Waals surface area contributed by atoms with E-state index in [1.54, 1.807) is 0 Å². The molecule has 1 unspecified atom stereocenters. The standard InChI is InChI=1S/C12H19N3O5/c16-9-8(2-1-5-13-9)14-11(19)15-12(10(17)18)3-6-20-7-4-12/h8H,1-7H2,(H,13,16)(H,17,18)(H2,14,15,19). The van der Waals surface area contributed by atoms with Crippen LogP contribution >= 0.6 is 0 Å². The smallest absolute Gasteiger partial charge is 0.329 e. The Morgan fingerprint density at radius 1 is 1.35 bits per heavy atom. The van der Waals surface area contributed by atoms with Crippen molar-refractivity contribution in [2.24, 2.45) is 0 Å². The van der Waals surface area contributed by atoms with Gasteiger partial charge in [-0.25, -0.2) is 9.59 Å². The minimum Gasteiger partial charge on any atom is -0.480 e. The van der Waals surface area contributed by atoms with E-state index in [1.807, 2.05) is 0 Å². The second-order valence-electron chi connectivity index (χ2n) is 5.08. The number of hydrogen-bond donors (Lipinski definition) is 4. The molecule has 0 spiro atoms. The highest BCUT2D eigenvalue weighted by atomic mass is 16.5. The summed E-state index contributed by atoms with van der Waals surface area (Å²) in [6.07, 6.45) is 1.77. The molecule has 0 radical (unpaired) electrons. The monoisotopic (exact) mass is 285 g/mol. The van der Waals surface area contributed by atoms with Crippen LogP contribution in [0.4, 0.5) is 4.79 Å². The zero-order chi connectivity index (χ0) is 14.6. The fourth-order valence-corrected chi connectivity index (χ4v) is 2.43. The highest BCUT2D eigenvalue weighted by molar-refractivity contribution is 5.90. The van der Waals surface area contributed by atoms with Crippen molar-refractivity contribution in [1.29, 1.82) is 0 Å². The van der Waals surface area contributed by atoms with E-state index in [1.165, 1.54) is 0 Å². The van der Waals surface area contributed by atoms with E-state index < -0.39 is 23.6 Å². The van der Waals surface area contributed by atoms with Crippen LogP contribution in [0.15, 0.2) is 0 Å². The Balaban J connectivity index is 1.94. The Bertz CT molecular complexity index is 406. The number of piperidine rings is 1. The van der Waals surface area contributed by atoms with Gasteiger partial charge in [-0.1, -0.05) is 0 Å². The average Bonchev–Trinajstić information content (AvgIpc) is 2.42. The summed E-state index contributed by atoms with van der Waals surface area (Å²) in [4.78, 5) is 34.9. The van der Waals surface area contributed by atoms with Gasteiger partial charge in [-0.2, -0.15) is 0 Å². The molecule has 0 saturated carbocycles. The molecule has 0 bridgehead atoms. The summed E-state index contributed by atoms with van der Waals surface area (Å²) in [5.74, 6) is -1.31. The summed E-state index contributed by atoms with van der Waals surface area (Å²) < 4.78 is 5.12. The zero-order valence-corrected chi connectivity index (χ0v) is 11.1. The first-order chi connectivity index (χ1) is 9.53. The lowest BCUT2D eigenvalue weighted by Gasteiger charge is -2.34. The van der Waals surface area contributed by atoms with Crippen LogP contribution in [0.2, 0.25) is 0 Å². The summed E-state index contributed by atoms with van der Waals surface area (Å²) >= 11 is 0. The molecule has 2 aliphatic rings. The maximum absolute atomic E-state index is 11.9. The lowest BCUT2D eigenvalue weighted by Crippen LogP contribution is -2.62. The molecular weight excluding hydrogens is 266 g/mol. The molecular formula is C12H19N3O5. The quantitative estimate of drug-likeness (QED) is 0.541. The molecule has 2 fully saturated rings. The molecule has 0 aliphatic carbocycles. The van der Waals surface area contributed by atoms with Gasteiger partial charge < -0.3 is 25.8 Å². The minimum atomic E-state index is -1.31. The molecule has 1 atom stereocenters. The third-order valence-corrected chi connectivity index (χ3v) is 3.70. The first-order valence-corrected chi connectivity index (χ1v) is 6.71. The number of amides is 3. The highest BCUT2D eigenvalue weighted by Gasteiger charge is 2.42. The number of rotatable bonds is 3. The first kappa shape index (κ1) is 14.6. The number of nitrogens with one attached hydrogen (secondary N) is 3. The summed E-state index contributed by atoms with van der Waals surface area (Å²) in [6, 6.07) is -1.23. The van der Waals surface area contributed by atoms with Crippen LogP contribution in [-0.4, -0.2) is 54.4 Å². The van der Waals surface area contributed by atoms with Gasteiger partial charge in [-0.05, 0) is 12.8 Å². The summed E-state index contributed by atoms with van der Waals surface area (Å²) in [6.45, 7) is 1.18. The number of carboxylic acid groups (broad SMARTS) is 1. The van der Waals surface area contributed by atoms with Gasteiger partial charge in [0.15, 0.2) is 0 Å². The Labute approximate surface area is 116 Å². The fourth-order valence-electron chi connectivity index (χ4n) is 2.43. The first-order valence-electron chi connectivity index (χ1n) is 6.71. The van der Waals surface area contributed by atoms with Crippen LogP contribution in [0.3, 0.4) is 0 Å². The molecule has 0 aromatic heterocycles. The highest BCUT2D eigenvalue weighted by Crippen LogP contribution is 2.21. The number of hydrogen-bond acceptors (Lipinski definition) is 4. The normalized spacial score (nSPS) is 25.4. The van der Waals surface area contributed by atoms with Crippen LogP contribution in [0.25, 0.3) is 0 Å². The van der Waals surface area contributed by atoms with E-state index in [-0.39, 0.29) is 32.0 Å². The molecule has 0 aromatic carbocycles. The van der Waals surface area contributed by atoms with Gasteiger partial charge in [-0.15, -0.1) is 0 Å². The van der Waals surface area contributed by atoms with Gasteiger partial charge >= 0.3 is 12.0 Å². The van der Waals surface area contributed by atoms with Crippen molar-refractivity contribution < 1.29 is 24.2 Å². The Morgan fingerprint density at radius 2 is 2.05 bits per heavy atom. The largest absolute Gasteiger partial charge is 0.480 e. The Morgan fingerprint density at radius 3 is 2.65 bits per heavy atom. The molecule has 2 rings (SSSR count). The summed E-state index contributed by atoms with van der Waals surface area (Å²) in [7, 11) is 0. The number of carbonyl (C=O) groups excluding carboxylic acids is 2. The number of aliphatic carboxylic acids is 1. The van der Waals surface area contributed by atoms with Crippen molar-refractivity contribution in [3.8, 4) is 0 Å². The maximum atomic E-state index is 11.9. The lowest BCUT2D eigenvalue weighted by molar-refractivity contribution is -0.148. The molecule has 4 N–H and O–H groups in total. The topological polar surface area (TPSA) is 117 Å². The van der Waals surface area contributed by atoms with E-state index in [0.29, 0.717) is 13.0 Å². The molecule has 8 heteroatoms. The molecule has 2 saturated heterocycles. The van der Waals surface area contributed by atoms with Gasteiger partial charge in [-0.3, -0.25) is 4.79 Å². The zero-order valence-electron chi connectivity index (χ0n) is 11.1.